The number of benzene rings is 1. The van der Waals surface area contributed by atoms with Gasteiger partial charge in [0.25, 0.3) is 5.91 Å². The Kier molecular flexibility index (Phi) is 3.68. The van der Waals surface area contributed by atoms with Crippen LogP contribution in [0.25, 0.3) is 0 Å². The highest BCUT2D eigenvalue weighted by Crippen LogP contribution is 2.44. The van der Waals surface area contributed by atoms with E-state index in [9.17, 15) is 4.79 Å². The molecule has 1 saturated heterocycles. The summed E-state index contributed by atoms with van der Waals surface area (Å²) in [6, 6.07) is 7.28. The molecule has 1 aromatic rings. The lowest BCUT2D eigenvalue weighted by atomic mass is 9.68. The Balaban J connectivity index is 1.62. The maximum Gasteiger partial charge on any atom is 0.253 e. The Bertz CT molecular complexity index is 464. The molecule has 2 fully saturated rings. The topological polar surface area (TPSA) is 46.3 Å². The Morgan fingerprint density at radius 2 is 1.55 bits per heavy atom. The van der Waals surface area contributed by atoms with Gasteiger partial charge in [-0.1, -0.05) is 19.3 Å². The fourth-order valence-corrected chi connectivity index (χ4v) is 3.79. The second kappa shape index (κ2) is 5.47. The van der Waals surface area contributed by atoms with Crippen molar-refractivity contribution >= 4 is 11.6 Å². The number of anilines is 1. The van der Waals surface area contributed by atoms with Gasteiger partial charge < -0.3 is 10.6 Å². The molecule has 3 rings (SSSR count). The van der Waals surface area contributed by atoms with Crippen molar-refractivity contribution in [2.75, 3.05) is 18.8 Å². The number of nitrogens with two attached hydrogens (primary N) is 1. The van der Waals surface area contributed by atoms with Crippen LogP contribution in [0.2, 0.25) is 0 Å². The lowest BCUT2D eigenvalue weighted by Crippen LogP contribution is -2.43. The van der Waals surface area contributed by atoms with E-state index in [1.165, 1.54) is 44.9 Å². The van der Waals surface area contributed by atoms with E-state index in [-0.39, 0.29) is 5.91 Å². The minimum Gasteiger partial charge on any atom is -0.399 e. The van der Waals surface area contributed by atoms with E-state index in [2.05, 4.69) is 0 Å². The largest absolute Gasteiger partial charge is 0.399 e. The van der Waals surface area contributed by atoms with E-state index < -0.39 is 0 Å². The first kappa shape index (κ1) is 13.5. The number of rotatable bonds is 1. The predicted molar refractivity (Wildman–Crippen MR) is 81.5 cm³/mol. The van der Waals surface area contributed by atoms with Crippen LogP contribution >= 0.6 is 0 Å². The lowest BCUT2D eigenvalue weighted by molar-refractivity contribution is 0.0472. The number of nitrogen functional groups attached to an aromatic ring is 1. The summed E-state index contributed by atoms with van der Waals surface area (Å²) in [6.07, 6.45) is 9.28. The van der Waals surface area contributed by atoms with Gasteiger partial charge in [0, 0.05) is 24.3 Å². The molecular formula is C17H24N2O. The smallest absolute Gasteiger partial charge is 0.253 e. The lowest BCUT2D eigenvalue weighted by Gasteiger charge is -2.44. The first-order chi connectivity index (χ1) is 9.69. The molecule has 1 aliphatic carbocycles. The summed E-state index contributed by atoms with van der Waals surface area (Å²) in [5.74, 6) is 0.163. The SMILES string of the molecule is Nc1ccc(C(=O)N2CCC3(CCCCC3)CC2)cc1. The third kappa shape index (κ3) is 2.67. The van der Waals surface area contributed by atoms with E-state index >= 15 is 0 Å². The minimum absolute atomic E-state index is 0.163. The Morgan fingerprint density at radius 1 is 0.950 bits per heavy atom. The molecule has 0 unspecified atom stereocenters. The van der Waals surface area contributed by atoms with Crippen molar-refractivity contribution in [3.63, 3.8) is 0 Å². The highest BCUT2D eigenvalue weighted by atomic mass is 16.2. The zero-order valence-corrected chi connectivity index (χ0v) is 12.1. The Hall–Kier alpha value is -1.51. The number of hydrogen-bond acceptors (Lipinski definition) is 2. The van der Waals surface area contributed by atoms with E-state index in [1.807, 2.05) is 17.0 Å². The van der Waals surface area contributed by atoms with Crippen molar-refractivity contribution in [2.45, 2.75) is 44.9 Å². The highest BCUT2D eigenvalue weighted by molar-refractivity contribution is 5.94. The van der Waals surface area contributed by atoms with E-state index in [4.69, 9.17) is 5.73 Å². The molecule has 0 bridgehead atoms. The average Bonchev–Trinajstić information content (AvgIpc) is 2.49. The summed E-state index contributed by atoms with van der Waals surface area (Å²) in [7, 11) is 0. The van der Waals surface area contributed by atoms with Crippen molar-refractivity contribution < 1.29 is 4.79 Å². The molecule has 1 aliphatic heterocycles. The van der Waals surface area contributed by atoms with Crippen LogP contribution in [0.1, 0.15) is 55.3 Å². The Morgan fingerprint density at radius 3 is 2.15 bits per heavy atom. The van der Waals surface area contributed by atoms with Crippen molar-refractivity contribution in [1.29, 1.82) is 0 Å². The molecule has 0 aromatic heterocycles. The zero-order valence-electron chi connectivity index (χ0n) is 12.1. The maximum absolute atomic E-state index is 12.5. The van der Waals surface area contributed by atoms with E-state index in [1.54, 1.807) is 12.1 Å². The molecule has 1 aromatic carbocycles. The van der Waals surface area contributed by atoms with Crippen LogP contribution in [0.5, 0.6) is 0 Å². The van der Waals surface area contributed by atoms with Crippen molar-refractivity contribution in [3.05, 3.63) is 29.8 Å². The molecule has 2 N–H and O–H groups in total. The molecule has 20 heavy (non-hydrogen) atoms. The second-order valence-corrected chi connectivity index (χ2v) is 6.47. The number of hydrogen-bond donors (Lipinski definition) is 1. The number of nitrogens with zero attached hydrogens (tertiary/aromatic N) is 1. The van der Waals surface area contributed by atoms with E-state index in [0.717, 1.165) is 18.7 Å². The third-order valence-electron chi connectivity index (χ3n) is 5.18. The molecule has 0 radical (unpaired) electrons. The van der Waals surface area contributed by atoms with Gasteiger partial charge in [0.05, 0.1) is 0 Å². The molecule has 1 spiro atoms. The molecule has 1 saturated carbocycles. The zero-order chi connectivity index (χ0) is 14.0. The van der Waals surface area contributed by atoms with Crippen LogP contribution in [0.4, 0.5) is 5.69 Å². The van der Waals surface area contributed by atoms with Gasteiger partial charge in [-0.3, -0.25) is 4.79 Å². The van der Waals surface area contributed by atoms with Gasteiger partial charge in [-0.25, -0.2) is 0 Å². The summed E-state index contributed by atoms with van der Waals surface area (Å²) >= 11 is 0. The van der Waals surface area contributed by atoms with Crippen LogP contribution in [0, 0.1) is 5.41 Å². The highest BCUT2D eigenvalue weighted by Gasteiger charge is 2.36. The quantitative estimate of drug-likeness (QED) is 0.796. The van der Waals surface area contributed by atoms with Gasteiger partial charge in [-0.2, -0.15) is 0 Å². The molecule has 3 nitrogen and oxygen atoms in total. The number of amides is 1. The summed E-state index contributed by atoms with van der Waals surface area (Å²) < 4.78 is 0. The molecule has 0 atom stereocenters. The first-order valence-corrected chi connectivity index (χ1v) is 7.83. The summed E-state index contributed by atoms with van der Waals surface area (Å²) in [5.41, 5.74) is 7.70. The average molecular weight is 272 g/mol. The van der Waals surface area contributed by atoms with Gasteiger partial charge in [0.1, 0.15) is 0 Å². The maximum atomic E-state index is 12.5. The van der Waals surface area contributed by atoms with Crippen molar-refractivity contribution in [1.82, 2.24) is 4.90 Å². The van der Waals surface area contributed by atoms with Crippen LogP contribution < -0.4 is 5.73 Å². The fraction of sp³-hybridized carbons (Fsp3) is 0.588. The molecule has 2 aliphatic rings. The number of likely N-dealkylation sites (tertiary alicyclic amines) is 1. The molecular weight excluding hydrogens is 248 g/mol. The van der Waals surface area contributed by atoms with E-state index in [0.29, 0.717) is 11.1 Å². The standard InChI is InChI=1S/C17H24N2O/c18-15-6-4-14(5-7-15)16(20)19-12-10-17(11-13-19)8-2-1-3-9-17/h4-7H,1-3,8-13,18H2. The fourth-order valence-electron chi connectivity index (χ4n) is 3.79. The van der Waals surface area contributed by atoms with Crippen molar-refractivity contribution in [3.8, 4) is 0 Å². The first-order valence-electron chi connectivity index (χ1n) is 7.83. The number of carbonyl (C=O) groups is 1. The summed E-state index contributed by atoms with van der Waals surface area (Å²) in [4.78, 5) is 14.5. The minimum atomic E-state index is 0.163. The van der Waals surface area contributed by atoms with Crippen LogP contribution in [0.15, 0.2) is 24.3 Å². The normalized spacial score (nSPS) is 21.9. The van der Waals surface area contributed by atoms with Gasteiger partial charge in [-0.15, -0.1) is 0 Å². The molecule has 3 heteroatoms. The van der Waals surface area contributed by atoms with Gasteiger partial charge in [0.15, 0.2) is 0 Å². The van der Waals surface area contributed by atoms with Crippen LogP contribution in [-0.4, -0.2) is 23.9 Å². The predicted octanol–water partition coefficient (Wildman–Crippen LogP) is 3.46. The van der Waals surface area contributed by atoms with Crippen molar-refractivity contribution in [2.24, 2.45) is 5.41 Å². The van der Waals surface area contributed by atoms with Gasteiger partial charge in [0.2, 0.25) is 0 Å². The number of piperidine rings is 1. The number of carbonyl (C=O) groups excluding carboxylic acids is 1. The van der Waals surface area contributed by atoms with Crippen LogP contribution in [0.3, 0.4) is 0 Å². The Labute approximate surface area is 121 Å². The van der Waals surface area contributed by atoms with Gasteiger partial charge in [-0.05, 0) is 55.4 Å². The summed E-state index contributed by atoms with van der Waals surface area (Å²) in [5, 5.41) is 0. The van der Waals surface area contributed by atoms with Gasteiger partial charge >= 0.3 is 0 Å². The van der Waals surface area contributed by atoms with Crippen LogP contribution in [-0.2, 0) is 0 Å². The third-order valence-corrected chi connectivity index (χ3v) is 5.18. The monoisotopic (exact) mass is 272 g/mol. The molecule has 1 heterocycles. The molecule has 1 amide bonds. The molecule has 108 valence electrons. The second-order valence-electron chi connectivity index (χ2n) is 6.47. The summed E-state index contributed by atoms with van der Waals surface area (Å²) in [6.45, 7) is 1.84.